The molecule has 0 aliphatic carbocycles. The molecular formula is C27H23ClFN5O2S. The van der Waals surface area contributed by atoms with Gasteiger partial charge in [0, 0.05) is 42.3 Å². The highest BCUT2D eigenvalue weighted by molar-refractivity contribution is 7.80. The lowest BCUT2D eigenvalue weighted by Crippen LogP contribution is -2.30. The monoisotopic (exact) mass is 535 g/mol. The summed E-state index contributed by atoms with van der Waals surface area (Å²) in [6, 6.07) is 21.2. The first kappa shape index (κ1) is 24.9. The fraction of sp³-hybridized carbons (Fsp3) is 0.148. The van der Waals surface area contributed by atoms with E-state index in [1.807, 2.05) is 70.3 Å². The van der Waals surface area contributed by atoms with Crippen molar-refractivity contribution in [3.05, 3.63) is 107 Å². The average Bonchev–Trinajstić information content (AvgIpc) is 3.51. The molecule has 1 saturated heterocycles. The van der Waals surface area contributed by atoms with Gasteiger partial charge in [0.15, 0.2) is 5.11 Å². The van der Waals surface area contributed by atoms with E-state index in [1.54, 1.807) is 18.3 Å². The van der Waals surface area contributed by atoms with Gasteiger partial charge in [0.05, 0.1) is 16.8 Å². The van der Waals surface area contributed by atoms with E-state index < -0.39 is 5.82 Å². The van der Waals surface area contributed by atoms with Gasteiger partial charge < -0.3 is 24.8 Å². The van der Waals surface area contributed by atoms with Crippen LogP contribution in [-0.2, 0) is 9.53 Å². The number of benzene rings is 2. The number of ether oxygens (including phenoxy) is 1. The van der Waals surface area contributed by atoms with Crippen LogP contribution in [0, 0.1) is 5.82 Å². The normalized spacial score (nSPS) is 17.1. The maximum atomic E-state index is 13.9. The lowest BCUT2D eigenvalue weighted by molar-refractivity contribution is -0.119. The van der Waals surface area contributed by atoms with Crippen LogP contribution in [-0.4, -0.2) is 34.3 Å². The SMILES string of the molecule is COCC(=O)Nc1ccc(N2C(=S)NC(c3ccccn3)C2c2cccn2-c2ccc(F)c(Cl)c2)cc1. The number of nitrogens with one attached hydrogen (secondary N) is 2. The maximum absolute atomic E-state index is 13.9. The summed E-state index contributed by atoms with van der Waals surface area (Å²) in [5.74, 6) is -0.717. The lowest BCUT2D eigenvalue weighted by Gasteiger charge is -2.29. The number of carbonyl (C=O) groups excluding carboxylic acids is 1. The zero-order valence-electron chi connectivity index (χ0n) is 19.8. The second-order valence-electron chi connectivity index (χ2n) is 8.43. The van der Waals surface area contributed by atoms with E-state index in [1.165, 1.54) is 13.2 Å². The highest BCUT2D eigenvalue weighted by Crippen LogP contribution is 2.42. The molecule has 1 fully saturated rings. The summed E-state index contributed by atoms with van der Waals surface area (Å²) < 4.78 is 20.7. The second kappa shape index (κ2) is 10.7. The number of anilines is 2. The molecule has 5 rings (SSSR count). The topological polar surface area (TPSA) is 71.4 Å². The summed E-state index contributed by atoms with van der Waals surface area (Å²) in [5, 5.41) is 6.80. The van der Waals surface area contributed by atoms with Gasteiger partial charge in [-0.3, -0.25) is 9.78 Å². The van der Waals surface area contributed by atoms with E-state index in [2.05, 4.69) is 15.6 Å². The number of nitrogens with zero attached hydrogens (tertiary/aromatic N) is 3. The molecule has 4 aromatic rings. The second-order valence-corrected chi connectivity index (χ2v) is 9.22. The molecule has 2 aromatic carbocycles. The Hall–Kier alpha value is -3.79. The molecule has 3 heterocycles. The van der Waals surface area contributed by atoms with E-state index in [-0.39, 0.29) is 29.6 Å². The summed E-state index contributed by atoms with van der Waals surface area (Å²) in [4.78, 5) is 18.5. The molecule has 0 bridgehead atoms. The molecule has 1 aliphatic heterocycles. The van der Waals surface area contributed by atoms with Gasteiger partial charge in [-0.2, -0.15) is 0 Å². The highest BCUT2D eigenvalue weighted by atomic mass is 35.5. The largest absolute Gasteiger partial charge is 0.375 e. The van der Waals surface area contributed by atoms with Crippen molar-refractivity contribution in [2.45, 2.75) is 12.1 Å². The zero-order valence-corrected chi connectivity index (χ0v) is 21.3. The lowest BCUT2D eigenvalue weighted by atomic mass is 10.0. The quantitative estimate of drug-likeness (QED) is 0.308. The Bertz CT molecular complexity index is 1430. The first-order valence-electron chi connectivity index (χ1n) is 11.5. The summed E-state index contributed by atoms with van der Waals surface area (Å²) in [5.41, 5.74) is 3.93. The minimum Gasteiger partial charge on any atom is -0.375 e. The van der Waals surface area contributed by atoms with Crippen molar-refractivity contribution >= 4 is 46.2 Å². The molecule has 0 spiro atoms. The van der Waals surface area contributed by atoms with Gasteiger partial charge in [-0.15, -0.1) is 0 Å². The molecule has 37 heavy (non-hydrogen) atoms. The van der Waals surface area contributed by atoms with Gasteiger partial charge >= 0.3 is 0 Å². The molecule has 0 saturated carbocycles. The number of halogens is 2. The van der Waals surface area contributed by atoms with Crippen LogP contribution in [0.2, 0.25) is 5.02 Å². The van der Waals surface area contributed by atoms with Crippen LogP contribution in [0.5, 0.6) is 0 Å². The third-order valence-electron chi connectivity index (χ3n) is 6.07. The molecule has 2 N–H and O–H groups in total. The molecule has 2 atom stereocenters. The van der Waals surface area contributed by atoms with Crippen LogP contribution in [0.4, 0.5) is 15.8 Å². The van der Waals surface area contributed by atoms with E-state index in [0.29, 0.717) is 10.8 Å². The fourth-order valence-electron chi connectivity index (χ4n) is 4.47. The number of hydrogen-bond donors (Lipinski definition) is 2. The van der Waals surface area contributed by atoms with E-state index in [0.717, 1.165) is 22.8 Å². The van der Waals surface area contributed by atoms with Crippen LogP contribution in [0.3, 0.4) is 0 Å². The minimum absolute atomic E-state index is 0.0277. The molecule has 188 valence electrons. The van der Waals surface area contributed by atoms with Crippen molar-refractivity contribution in [2.75, 3.05) is 23.9 Å². The summed E-state index contributed by atoms with van der Waals surface area (Å²) >= 11 is 11.9. The van der Waals surface area contributed by atoms with Crippen LogP contribution in [0.15, 0.2) is 85.2 Å². The molecule has 2 aromatic heterocycles. The van der Waals surface area contributed by atoms with Crippen molar-refractivity contribution in [1.82, 2.24) is 14.9 Å². The Morgan fingerprint density at radius 1 is 1.14 bits per heavy atom. The number of aromatic nitrogens is 2. The number of amides is 1. The van der Waals surface area contributed by atoms with Crippen LogP contribution < -0.4 is 15.5 Å². The summed E-state index contributed by atoms with van der Waals surface area (Å²) in [6.45, 7) is -0.0277. The number of methoxy groups -OCH3 is 1. The van der Waals surface area contributed by atoms with Crippen molar-refractivity contribution in [2.24, 2.45) is 0 Å². The standard InChI is InChI=1S/C27H23ClFN5O2S/c1-36-16-24(35)31-17-7-9-18(10-8-17)34-26(25(32-27(34)37)22-5-2-3-13-30-22)23-6-4-14-33(23)19-11-12-21(29)20(28)15-19/h2-15,25-26H,16H2,1H3,(H,31,35)(H,32,37). The Balaban J connectivity index is 1.57. The van der Waals surface area contributed by atoms with E-state index in [4.69, 9.17) is 28.6 Å². The van der Waals surface area contributed by atoms with Crippen LogP contribution >= 0.6 is 23.8 Å². The van der Waals surface area contributed by atoms with Crippen molar-refractivity contribution in [1.29, 1.82) is 0 Å². The third-order valence-corrected chi connectivity index (χ3v) is 6.67. The van der Waals surface area contributed by atoms with E-state index in [9.17, 15) is 9.18 Å². The van der Waals surface area contributed by atoms with Gasteiger partial charge in [-0.1, -0.05) is 17.7 Å². The predicted molar refractivity (Wildman–Crippen MR) is 146 cm³/mol. The molecule has 1 aliphatic rings. The first-order chi connectivity index (χ1) is 18.0. The summed E-state index contributed by atoms with van der Waals surface area (Å²) in [7, 11) is 1.47. The highest BCUT2D eigenvalue weighted by Gasteiger charge is 2.42. The number of hydrogen-bond acceptors (Lipinski definition) is 4. The molecule has 10 heteroatoms. The van der Waals surface area contributed by atoms with Gasteiger partial charge in [0.25, 0.3) is 0 Å². The van der Waals surface area contributed by atoms with E-state index >= 15 is 0 Å². The predicted octanol–water partition coefficient (Wildman–Crippen LogP) is 5.43. The molecule has 2 unspecified atom stereocenters. The Kier molecular flexibility index (Phi) is 7.18. The Labute approximate surface area is 223 Å². The molecule has 1 amide bonds. The number of rotatable bonds is 7. The molecule has 7 nitrogen and oxygen atoms in total. The van der Waals surface area contributed by atoms with Crippen molar-refractivity contribution in [3.63, 3.8) is 0 Å². The van der Waals surface area contributed by atoms with Crippen LogP contribution in [0.1, 0.15) is 23.5 Å². The number of carbonyl (C=O) groups is 1. The molecular weight excluding hydrogens is 513 g/mol. The smallest absolute Gasteiger partial charge is 0.250 e. The number of thiocarbonyl (C=S) groups is 1. The van der Waals surface area contributed by atoms with Gasteiger partial charge in [-0.05, 0) is 78.9 Å². The summed E-state index contributed by atoms with van der Waals surface area (Å²) in [6.07, 6.45) is 3.65. The van der Waals surface area contributed by atoms with Gasteiger partial charge in [-0.25, -0.2) is 4.39 Å². The Morgan fingerprint density at radius 2 is 1.92 bits per heavy atom. The first-order valence-corrected chi connectivity index (χ1v) is 12.3. The maximum Gasteiger partial charge on any atom is 0.250 e. The fourth-order valence-corrected chi connectivity index (χ4v) is 4.99. The third kappa shape index (κ3) is 5.06. The van der Waals surface area contributed by atoms with Crippen LogP contribution in [0.25, 0.3) is 5.69 Å². The Morgan fingerprint density at radius 3 is 2.62 bits per heavy atom. The number of pyridine rings is 1. The van der Waals surface area contributed by atoms with Crippen molar-refractivity contribution in [3.8, 4) is 5.69 Å². The van der Waals surface area contributed by atoms with Gasteiger partial charge in [0.2, 0.25) is 5.91 Å². The zero-order chi connectivity index (χ0) is 25.9. The van der Waals surface area contributed by atoms with Crippen molar-refractivity contribution < 1.29 is 13.9 Å². The van der Waals surface area contributed by atoms with Gasteiger partial charge in [0.1, 0.15) is 18.5 Å². The molecule has 0 radical (unpaired) electrons. The average molecular weight is 536 g/mol. The minimum atomic E-state index is -0.478.